The van der Waals surface area contributed by atoms with Crippen LogP contribution in [0.3, 0.4) is 0 Å². The lowest BCUT2D eigenvalue weighted by Crippen LogP contribution is -1.95. The normalized spacial score (nSPS) is 10.8. The van der Waals surface area contributed by atoms with Gasteiger partial charge in [-0.15, -0.1) is 0 Å². The SMILES string of the molecule is COc1cc2nccc(Oc3cc4sc(N)nc4cc3F)c2cc1OC.COc1cc2nccc(Oc3ccc(N)cc3F)c2cc1OC. The van der Waals surface area contributed by atoms with Crippen molar-refractivity contribution >= 4 is 54.2 Å². The van der Waals surface area contributed by atoms with Crippen molar-refractivity contribution in [2.24, 2.45) is 0 Å². The van der Waals surface area contributed by atoms with Crippen molar-refractivity contribution in [3.8, 4) is 46.0 Å². The first-order chi connectivity index (χ1) is 23.7. The third-order valence-electron chi connectivity index (χ3n) is 7.27. The van der Waals surface area contributed by atoms with Crippen molar-refractivity contribution in [2.75, 3.05) is 39.9 Å². The number of hydrogen-bond donors (Lipinski definition) is 2. The topological polar surface area (TPSA) is 146 Å². The van der Waals surface area contributed by atoms with E-state index < -0.39 is 11.6 Å². The molecule has 0 spiro atoms. The second-order valence-corrected chi connectivity index (χ2v) is 11.3. The number of thiazole rings is 1. The first-order valence-electron chi connectivity index (χ1n) is 14.5. The van der Waals surface area contributed by atoms with Gasteiger partial charge in [-0.25, -0.2) is 13.8 Å². The van der Waals surface area contributed by atoms with Crippen LogP contribution in [0.15, 0.2) is 79.1 Å². The molecular weight excluding hydrogens is 656 g/mol. The zero-order chi connectivity index (χ0) is 34.7. The molecule has 0 aliphatic heterocycles. The minimum absolute atomic E-state index is 0.0847. The summed E-state index contributed by atoms with van der Waals surface area (Å²) in [6.45, 7) is 0. The molecule has 4 N–H and O–H groups in total. The van der Waals surface area contributed by atoms with Gasteiger partial charge in [-0.1, -0.05) is 11.3 Å². The Morgan fingerprint density at radius 3 is 1.57 bits per heavy atom. The third-order valence-corrected chi connectivity index (χ3v) is 8.12. The number of fused-ring (bicyclic) bond motifs is 3. The maximum atomic E-state index is 14.4. The predicted molar refractivity (Wildman–Crippen MR) is 185 cm³/mol. The van der Waals surface area contributed by atoms with Gasteiger partial charge >= 0.3 is 0 Å². The maximum absolute atomic E-state index is 14.4. The average Bonchev–Trinajstić information content (AvgIpc) is 3.47. The lowest BCUT2D eigenvalue weighted by atomic mass is 10.2. The Kier molecular flexibility index (Phi) is 9.31. The predicted octanol–water partition coefficient (Wildman–Crippen LogP) is 8.14. The summed E-state index contributed by atoms with van der Waals surface area (Å²) in [7, 11) is 6.19. The second kappa shape index (κ2) is 13.9. The summed E-state index contributed by atoms with van der Waals surface area (Å²) in [4.78, 5) is 12.7. The van der Waals surface area contributed by atoms with Crippen LogP contribution in [0, 0.1) is 11.6 Å². The van der Waals surface area contributed by atoms with E-state index in [0.29, 0.717) is 72.6 Å². The monoisotopic (exact) mass is 685 g/mol. The van der Waals surface area contributed by atoms with Crippen LogP contribution in [-0.4, -0.2) is 43.4 Å². The van der Waals surface area contributed by atoms with Crippen LogP contribution >= 0.6 is 11.3 Å². The quantitative estimate of drug-likeness (QED) is 0.149. The Balaban J connectivity index is 0.000000171. The van der Waals surface area contributed by atoms with Gasteiger partial charge in [0.1, 0.15) is 11.5 Å². The van der Waals surface area contributed by atoms with E-state index in [1.54, 1.807) is 89.4 Å². The van der Waals surface area contributed by atoms with Crippen LogP contribution in [0.5, 0.6) is 46.0 Å². The van der Waals surface area contributed by atoms with E-state index in [1.807, 2.05) is 0 Å². The molecule has 0 aliphatic carbocycles. The smallest absolute Gasteiger partial charge is 0.181 e. The summed E-state index contributed by atoms with van der Waals surface area (Å²) < 4.78 is 61.8. The molecule has 0 aliphatic rings. The highest BCUT2D eigenvalue weighted by Gasteiger charge is 2.16. The molecule has 0 fully saturated rings. The molecule has 0 amide bonds. The first-order valence-corrected chi connectivity index (χ1v) is 15.3. The number of nitrogen functional groups attached to an aromatic ring is 2. The lowest BCUT2D eigenvalue weighted by Gasteiger charge is -2.12. The van der Waals surface area contributed by atoms with Gasteiger partial charge < -0.3 is 39.9 Å². The zero-order valence-electron chi connectivity index (χ0n) is 26.6. The summed E-state index contributed by atoms with van der Waals surface area (Å²) in [5, 5.41) is 1.73. The summed E-state index contributed by atoms with van der Waals surface area (Å²) in [5.74, 6) is 2.21. The van der Waals surface area contributed by atoms with Gasteiger partial charge in [-0.2, -0.15) is 0 Å². The second-order valence-electron chi connectivity index (χ2n) is 10.3. The number of anilines is 2. The molecule has 11 nitrogen and oxygen atoms in total. The van der Waals surface area contributed by atoms with E-state index in [4.69, 9.17) is 39.9 Å². The molecule has 4 aromatic carbocycles. The highest BCUT2D eigenvalue weighted by molar-refractivity contribution is 7.22. The van der Waals surface area contributed by atoms with Gasteiger partial charge in [-0.05, 0) is 36.4 Å². The number of nitrogens with two attached hydrogens (primary N) is 2. The van der Waals surface area contributed by atoms with Crippen molar-refractivity contribution in [2.45, 2.75) is 0 Å². The van der Waals surface area contributed by atoms with Crippen molar-refractivity contribution in [1.29, 1.82) is 0 Å². The van der Waals surface area contributed by atoms with Crippen molar-refractivity contribution < 1.29 is 37.2 Å². The Labute approximate surface area is 282 Å². The number of methoxy groups -OCH3 is 4. The van der Waals surface area contributed by atoms with Gasteiger partial charge in [0.05, 0.1) is 49.7 Å². The molecule has 49 heavy (non-hydrogen) atoms. The Morgan fingerprint density at radius 1 is 0.531 bits per heavy atom. The molecular formula is C35H29F2N5O6S. The molecule has 14 heteroatoms. The summed E-state index contributed by atoms with van der Waals surface area (Å²) >= 11 is 1.27. The third kappa shape index (κ3) is 6.80. The Hall–Kier alpha value is -6.15. The first kappa shape index (κ1) is 32.8. The molecule has 0 unspecified atom stereocenters. The van der Waals surface area contributed by atoms with E-state index >= 15 is 0 Å². The number of halogens is 2. The molecule has 0 saturated carbocycles. The highest BCUT2D eigenvalue weighted by atomic mass is 32.1. The standard InChI is InChI=1S/C18H14FN3O3S.C17H15FN2O3/c1-23-15-5-9-11(7-16(15)24-2)21-4-3-13(9)25-14-8-17-12(6-10(14)19)22-18(20)26-17;1-21-16-8-11-13(9-17(16)22-2)20-6-5-14(11)23-15-4-3-10(19)7-12(15)18/h3-8H,1-2H3,(H2,20,22);3-9H,19H2,1-2H3. The van der Waals surface area contributed by atoms with Crippen LogP contribution < -0.4 is 39.9 Å². The van der Waals surface area contributed by atoms with Crippen LogP contribution in [0.2, 0.25) is 0 Å². The fraction of sp³-hybridized carbons (Fsp3) is 0.114. The largest absolute Gasteiger partial charge is 0.493 e. The summed E-state index contributed by atoms with van der Waals surface area (Å²) in [6.07, 6.45) is 3.17. The minimum atomic E-state index is -0.532. The van der Waals surface area contributed by atoms with Crippen molar-refractivity contribution in [3.63, 3.8) is 0 Å². The van der Waals surface area contributed by atoms with Crippen LogP contribution in [0.4, 0.5) is 19.6 Å². The highest BCUT2D eigenvalue weighted by Crippen LogP contribution is 2.40. The molecule has 250 valence electrons. The Bertz CT molecular complexity index is 2320. The van der Waals surface area contributed by atoms with E-state index in [1.165, 1.54) is 29.5 Å². The molecule has 0 bridgehead atoms. The van der Waals surface area contributed by atoms with Crippen LogP contribution in [-0.2, 0) is 0 Å². The average molecular weight is 686 g/mol. The lowest BCUT2D eigenvalue weighted by molar-refractivity contribution is 0.355. The van der Waals surface area contributed by atoms with E-state index in [2.05, 4.69) is 15.0 Å². The summed E-state index contributed by atoms with van der Waals surface area (Å²) in [5.41, 5.74) is 13.4. The fourth-order valence-corrected chi connectivity index (χ4v) is 5.68. The fourth-order valence-electron chi connectivity index (χ4n) is 4.94. The van der Waals surface area contributed by atoms with Crippen molar-refractivity contribution in [1.82, 2.24) is 15.0 Å². The molecule has 0 saturated heterocycles. The zero-order valence-corrected chi connectivity index (χ0v) is 27.4. The van der Waals surface area contributed by atoms with Gasteiger partial charge in [0.15, 0.2) is 51.3 Å². The summed E-state index contributed by atoms with van der Waals surface area (Å²) in [6, 6.07) is 17.5. The maximum Gasteiger partial charge on any atom is 0.181 e. The number of nitrogens with zero attached hydrogens (tertiary/aromatic N) is 3. The number of pyridine rings is 2. The van der Waals surface area contributed by atoms with E-state index in [-0.39, 0.29) is 11.5 Å². The van der Waals surface area contributed by atoms with E-state index in [9.17, 15) is 8.78 Å². The van der Waals surface area contributed by atoms with Gasteiger partial charge in [0, 0.05) is 59.2 Å². The van der Waals surface area contributed by atoms with Crippen LogP contribution in [0.25, 0.3) is 32.0 Å². The molecule has 7 aromatic rings. The van der Waals surface area contributed by atoms with Crippen molar-refractivity contribution in [3.05, 3.63) is 90.8 Å². The van der Waals surface area contributed by atoms with Gasteiger partial charge in [0.25, 0.3) is 0 Å². The number of benzene rings is 4. The van der Waals surface area contributed by atoms with Gasteiger partial charge in [0.2, 0.25) is 0 Å². The molecule has 7 rings (SSSR count). The molecule has 0 radical (unpaired) electrons. The van der Waals surface area contributed by atoms with Crippen LogP contribution in [0.1, 0.15) is 0 Å². The number of hydrogen-bond acceptors (Lipinski definition) is 12. The number of rotatable bonds is 8. The van der Waals surface area contributed by atoms with E-state index in [0.717, 1.165) is 4.70 Å². The molecule has 3 aromatic heterocycles. The molecule has 0 atom stereocenters. The van der Waals surface area contributed by atoms with Gasteiger partial charge in [-0.3, -0.25) is 9.97 Å². The number of ether oxygens (including phenoxy) is 6. The molecule has 3 heterocycles. The Morgan fingerprint density at radius 2 is 1.04 bits per heavy atom. The minimum Gasteiger partial charge on any atom is -0.493 e. The number of aromatic nitrogens is 3.